The number of piperazine rings is 1. The fourth-order valence-electron chi connectivity index (χ4n) is 3.24. The van der Waals surface area contributed by atoms with Crippen molar-refractivity contribution in [3.05, 3.63) is 59.4 Å². The Morgan fingerprint density at radius 1 is 1.07 bits per heavy atom. The van der Waals surface area contributed by atoms with Crippen LogP contribution in [0.4, 0.5) is 5.69 Å². The van der Waals surface area contributed by atoms with Gasteiger partial charge in [-0.1, -0.05) is 23.7 Å². The molecule has 0 spiro atoms. The van der Waals surface area contributed by atoms with E-state index in [1.54, 1.807) is 12.4 Å². The van der Waals surface area contributed by atoms with E-state index in [2.05, 4.69) is 15.2 Å². The molecule has 0 atom stereocenters. The number of benzene rings is 1. The molecule has 0 radical (unpaired) electrons. The number of carbonyl (C=O) groups is 2. The van der Waals surface area contributed by atoms with Gasteiger partial charge in [0.1, 0.15) is 0 Å². The highest BCUT2D eigenvalue weighted by Crippen LogP contribution is 2.21. The number of rotatable bonds is 7. The van der Waals surface area contributed by atoms with Crippen molar-refractivity contribution in [2.45, 2.75) is 25.8 Å². The zero-order valence-electron chi connectivity index (χ0n) is 15.8. The van der Waals surface area contributed by atoms with Crippen LogP contribution in [-0.4, -0.2) is 47.9 Å². The maximum Gasteiger partial charge on any atom is 0.222 e. The van der Waals surface area contributed by atoms with Crippen LogP contribution in [0.1, 0.15) is 24.8 Å². The van der Waals surface area contributed by atoms with Gasteiger partial charge >= 0.3 is 0 Å². The van der Waals surface area contributed by atoms with E-state index in [1.807, 2.05) is 41.3 Å². The average Bonchev–Trinajstić information content (AvgIpc) is 2.73. The summed E-state index contributed by atoms with van der Waals surface area (Å²) in [6, 6.07) is 11.5. The molecule has 1 fully saturated rings. The molecule has 1 saturated heterocycles. The number of aromatic nitrogens is 1. The molecule has 2 aromatic rings. The lowest BCUT2D eigenvalue weighted by Gasteiger charge is -2.36. The van der Waals surface area contributed by atoms with Crippen molar-refractivity contribution in [3.8, 4) is 0 Å². The highest BCUT2D eigenvalue weighted by molar-refractivity contribution is 6.30. The topological polar surface area (TPSA) is 65.5 Å². The molecule has 28 heavy (non-hydrogen) atoms. The number of nitrogens with one attached hydrogen (secondary N) is 1. The molecule has 1 N–H and O–H groups in total. The van der Waals surface area contributed by atoms with Crippen LogP contribution in [0.5, 0.6) is 0 Å². The number of pyridine rings is 1. The Morgan fingerprint density at radius 2 is 1.89 bits per heavy atom. The highest BCUT2D eigenvalue weighted by Gasteiger charge is 2.21. The maximum absolute atomic E-state index is 12.4. The SMILES string of the molecule is O=C(CCCC(=O)N1CCN(c2cccc(Cl)c2)CC1)NCc1cccnc1. The van der Waals surface area contributed by atoms with Gasteiger partial charge in [-0.2, -0.15) is 0 Å². The predicted molar refractivity (Wildman–Crippen MR) is 110 cm³/mol. The fraction of sp³-hybridized carbons (Fsp3) is 0.381. The molecule has 0 unspecified atom stereocenters. The first-order valence-corrected chi connectivity index (χ1v) is 9.93. The number of anilines is 1. The van der Waals surface area contributed by atoms with Crippen molar-refractivity contribution >= 4 is 29.1 Å². The number of amides is 2. The zero-order chi connectivity index (χ0) is 19.8. The lowest BCUT2D eigenvalue weighted by molar-refractivity contribution is -0.131. The number of hydrogen-bond donors (Lipinski definition) is 1. The first kappa shape index (κ1) is 20.1. The van der Waals surface area contributed by atoms with Crippen molar-refractivity contribution in [1.82, 2.24) is 15.2 Å². The van der Waals surface area contributed by atoms with Crippen LogP contribution < -0.4 is 10.2 Å². The molecule has 2 heterocycles. The van der Waals surface area contributed by atoms with Crippen LogP contribution in [0.2, 0.25) is 5.02 Å². The molecule has 0 bridgehead atoms. The second-order valence-corrected chi connectivity index (χ2v) is 7.28. The second kappa shape index (κ2) is 10.1. The number of carbonyl (C=O) groups excluding carboxylic acids is 2. The number of nitrogens with zero attached hydrogens (tertiary/aromatic N) is 3. The van der Waals surface area contributed by atoms with E-state index in [-0.39, 0.29) is 11.8 Å². The minimum Gasteiger partial charge on any atom is -0.368 e. The Kier molecular flexibility index (Phi) is 7.25. The molecule has 0 saturated carbocycles. The summed E-state index contributed by atoms with van der Waals surface area (Å²) in [5.41, 5.74) is 2.05. The molecular weight excluding hydrogens is 376 g/mol. The van der Waals surface area contributed by atoms with E-state index in [9.17, 15) is 9.59 Å². The van der Waals surface area contributed by atoms with Crippen molar-refractivity contribution in [3.63, 3.8) is 0 Å². The zero-order valence-corrected chi connectivity index (χ0v) is 16.6. The van der Waals surface area contributed by atoms with Crippen LogP contribution in [-0.2, 0) is 16.1 Å². The average molecular weight is 401 g/mol. The summed E-state index contributed by atoms with van der Waals surface area (Å²) in [6.07, 6.45) is 4.75. The standard InChI is InChI=1S/C21H25ClN4O2/c22-18-5-1-6-19(14-18)25-10-12-26(13-11-25)21(28)8-2-7-20(27)24-16-17-4-3-9-23-15-17/h1,3-6,9,14-15H,2,7-8,10-13,16H2,(H,24,27). The summed E-state index contributed by atoms with van der Waals surface area (Å²) in [5.74, 6) is 0.0771. The van der Waals surface area contributed by atoms with Crippen LogP contribution in [0.25, 0.3) is 0 Å². The third-order valence-electron chi connectivity index (χ3n) is 4.81. The third kappa shape index (κ3) is 5.96. The van der Waals surface area contributed by atoms with Gasteiger partial charge in [0, 0.05) is 68.7 Å². The lowest BCUT2D eigenvalue weighted by atomic mass is 10.2. The highest BCUT2D eigenvalue weighted by atomic mass is 35.5. The molecule has 148 valence electrons. The summed E-state index contributed by atoms with van der Waals surface area (Å²) in [6.45, 7) is 3.43. The largest absolute Gasteiger partial charge is 0.368 e. The molecular formula is C21H25ClN4O2. The van der Waals surface area contributed by atoms with Gasteiger partial charge in [0.05, 0.1) is 0 Å². The third-order valence-corrected chi connectivity index (χ3v) is 5.05. The molecule has 6 nitrogen and oxygen atoms in total. The Morgan fingerprint density at radius 3 is 2.61 bits per heavy atom. The van der Waals surface area contributed by atoms with E-state index in [0.29, 0.717) is 38.9 Å². The van der Waals surface area contributed by atoms with Gasteiger partial charge in [-0.25, -0.2) is 0 Å². The van der Waals surface area contributed by atoms with Gasteiger partial charge in [-0.05, 0) is 36.2 Å². The Hall–Kier alpha value is -2.60. The molecule has 1 aliphatic heterocycles. The lowest BCUT2D eigenvalue weighted by Crippen LogP contribution is -2.48. The Bertz CT molecular complexity index is 792. The van der Waals surface area contributed by atoms with Gasteiger partial charge in [-0.15, -0.1) is 0 Å². The second-order valence-electron chi connectivity index (χ2n) is 6.84. The monoisotopic (exact) mass is 400 g/mol. The Balaban J connectivity index is 1.34. The van der Waals surface area contributed by atoms with Gasteiger partial charge in [0.15, 0.2) is 0 Å². The summed E-state index contributed by atoms with van der Waals surface area (Å²) in [4.78, 5) is 32.5. The van der Waals surface area contributed by atoms with Crippen LogP contribution in [0.3, 0.4) is 0 Å². The molecule has 1 aromatic heterocycles. The van der Waals surface area contributed by atoms with Crippen LogP contribution in [0.15, 0.2) is 48.8 Å². The molecule has 3 rings (SSSR count). The fourth-order valence-corrected chi connectivity index (χ4v) is 3.42. The van der Waals surface area contributed by atoms with Gasteiger partial charge < -0.3 is 15.1 Å². The molecule has 2 amide bonds. The first-order chi connectivity index (χ1) is 13.6. The van der Waals surface area contributed by atoms with Gasteiger partial charge in [0.25, 0.3) is 0 Å². The van der Waals surface area contributed by atoms with E-state index < -0.39 is 0 Å². The minimum atomic E-state index is -0.0394. The summed E-state index contributed by atoms with van der Waals surface area (Å²) >= 11 is 6.06. The smallest absolute Gasteiger partial charge is 0.222 e. The molecule has 1 aromatic carbocycles. The van der Waals surface area contributed by atoms with Gasteiger partial charge in [-0.3, -0.25) is 14.6 Å². The van der Waals surface area contributed by atoms with E-state index >= 15 is 0 Å². The van der Waals surface area contributed by atoms with Gasteiger partial charge in [0.2, 0.25) is 11.8 Å². The predicted octanol–water partition coefficient (Wildman–Crippen LogP) is 2.87. The number of halogens is 1. The van der Waals surface area contributed by atoms with Crippen LogP contribution in [0, 0.1) is 0 Å². The normalized spacial score (nSPS) is 14.0. The van der Waals surface area contributed by atoms with E-state index in [0.717, 1.165) is 29.4 Å². The quantitative estimate of drug-likeness (QED) is 0.776. The van der Waals surface area contributed by atoms with E-state index in [1.165, 1.54) is 0 Å². The summed E-state index contributed by atoms with van der Waals surface area (Å²) < 4.78 is 0. The van der Waals surface area contributed by atoms with Crippen molar-refractivity contribution < 1.29 is 9.59 Å². The summed E-state index contributed by atoms with van der Waals surface area (Å²) in [5, 5.41) is 3.58. The molecule has 7 heteroatoms. The first-order valence-electron chi connectivity index (χ1n) is 9.56. The van der Waals surface area contributed by atoms with Crippen molar-refractivity contribution in [2.24, 2.45) is 0 Å². The molecule has 1 aliphatic rings. The summed E-state index contributed by atoms with van der Waals surface area (Å²) in [7, 11) is 0. The van der Waals surface area contributed by atoms with Crippen molar-refractivity contribution in [1.29, 1.82) is 0 Å². The van der Waals surface area contributed by atoms with Crippen molar-refractivity contribution in [2.75, 3.05) is 31.1 Å². The minimum absolute atomic E-state index is 0.0394. The Labute approximate surface area is 170 Å². The maximum atomic E-state index is 12.4. The molecule has 0 aliphatic carbocycles. The van der Waals surface area contributed by atoms with Crippen LogP contribution >= 0.6 is 11.6 Å². The number of hydrogen-bond acceptors (Lipinski definition) is 4. The van der Waals surface area contributed by atoms with E-state index in [4.69, 9.17) is 11.6 Å².